The van der Waals surface area contributed by atoms with Gasteiger partial charge < -0.3 is 13.9 Å². The zero-order chi connectivity index (χ0) is 14.4. The smallest absolute Gasteiger partial charge is 0.124 e. The molecule has 0 bridgehead atoms. The third kappa shape index (κ3) is 3.19. The van der Waals surface area contributed by atoms with E-state index >= 15 is 0 Å². The number of hydrogen-bond donors (Lipinski definition) is 2. The number of furan rings is 1. The number of nitrogens with one attached hydrogen (secondary N) is 1. The summed E-state index contributed by atoms with van der Waals surface area (Å²) in [6.07, 6.45) is 1.66. The summed E-state index contributed by atoms with van der Waals surface area (Å²) >= 11 is 0. The first kappa shape index (κ1) is 14.6. The van der Waals surface area contributed by atoms with E-state index in [0.29, 0.717) is 13.2 Å². The average molecular weight is 276 g/mol. The second kappa shape index (κ2) is 7.09. The summed E-state index contributed by atoms with van der Waals surface area (Å²) < 4.78 is 16.1. The SMILES string of the molecule is COCCOc1ccccc1C(NN)c1ccoc1C. The number of ether oxygens (including phenoxy) is 2. The molecule has 5 nitrogen and oxygen atoms in total. The van der Waals surface area contributed by atoms with Gasteiger partial charge in [0.15, 0.2) is 0 Å². The van der Waals surface area contributed by atoms with Gasteiger partial charge in [0.25, 0.3) is 0 Å². The Kier molecular flexibility index (Phi) is 5.17. The molecule has 5 heteroatoms. The van der Waals surface area contributed by atoms with Crippen molar-refractivity contribution in [1.29, 1.82) is 0 Å². The number of rotatable bonds is 7. The highest BCUT2D eigenvalue weighted by atomic mass is 16.5. The topological polar surface area (TPSA) is 69.7 Å². The van der Waals surface area contributed by atoms with Crippen LogP contribution in [0.3, 0.4) is 0 Å². The molecule has 0 spiro atoms. The van der Waals surface area contributed by atoms with E-state index < -0.39 is 0 Å². The fourth-order valence-electron chi connectivity index (χ4n) is 2.13. The Bertz CT molecular complexity index is 539. The van der Waals surface area contributed by atoms with Crippen LogP contribution in [-0.2, 0) is 4.74 Å². The molecule has 1 heterocycles. The minimum Gasteiger partial charge on any atom is -0.491 e. The Morgan fingerprint density at radius 2 is 2.00 bits per heavy atom. The highest BCUT2D eigenvalue weighted by molar-refractivity contribution is 5.42. The molecule has 1 unspecified atom stereocenters. The number of hydrogen-bond acceptors (Lipinski definition) is 5. The minimum absolute atomic E-state index is 0.174. The van der Waals surface area contributed by atoms with Gasteiger partial charge in [-0.3, -0.25) is 5.84 Å². The summed E-state index contributed by atoms with van der Waals surface area (Å²) in [5, 5.41) is 0. The van der Waals surface area contributed by atoms with Crippen LogP contribution in [0.4, 0.5) is 0 Å². The standard InChI is InChI=1S/C15H20N2O3/c1-11-12(7-8-19-11)15(17-16)13-5-3-4-6-14(13)20-10-9-18-2/h3-8,15,17H,9-10,16H2,1-2H3. The van der Waals surface area contributed by atoms with E-state index in [9.17, 15) is 0 Å². The lowest BCUT2D eigenvalue weighted by molar-refractivity contribution is 0.145. The predicted octanol–water partition coefficient (Wildman–Crippen LogP) is 2.17. The molecule has 1 atom stereocenters. The van der Waals surface area contributed by atoms with Gasteiger partial charge in [-0.2, -0.15) is 0 Å². The van der Waals surface area contributed by atoms with Crippen LogP contribution in [0.15, 0.2) is 41.0 Å². The van der Waals surface area contributed by atoms with Gasteiger partial charge in [0.05, 0.1) is 18.9 Å². The maximum atomic E-state index is 5.75. The summed E-state index contributed by atoms with van der Waals surface area (Å²) in [6, 6.07) is 9.53. The van der Waals surface area contributed by atoms with Crippen molar-refractivity contribution in [2.45, 2.75) is 13.0 Å². The van der Waals surface area contributed by atoms with Crippen molar-refractivity contribution in [3.8, 4) is 5.75 Å². The molecule has 1 aromatic carbocycles. The number of para-hydroxylation sites is 1. The van der Waals surface area contributed by atoms with Crippen molar-refractivity contribution in [3.05, 3.63) is 53.5 Å². The van der Waals surface area contributed by atoms with Crippen molar-refractivity contribution in [2.24, 2.45) is 5.84 Å². The van der Waals surface area contributed by atoms with Crippen molar-refractivity contribution in [2.75, 3.05) is 20.3 Å². The molecule has 1 aromatic heterocycles. The fraction of sp³-hybridized carbons (Fsp3) is 0.333. The molecule has 3 N–H and O–H groups in total. The molecular weight excluding hydrogens is 256 g/mol. The number of aryl methyl sites for hydroxylation is 1. The van der Waals surface area contributed by atoms with Crippen LogP contribution >= 0.6 is 0 Å². The molecule has 0 aliphatic rings. The monoisotopic (exact) mass is 276 g/mol. The summed E-state index contributed by atoms with van der Waals surface area (Å²) in [5.41, 5.74) is 4.78. The van der Waals surface area contributed by atoms with Gasteiger partial charge in [-0.15, -0.1) is 0 Å². The van der Waals surface area contributed by atoms with E-state index in [0.717, 1.165) is 22.6 Å². The molecule has 0 amide bonds. The van der Waals surface area contributed by atoms with Gasteiger partial charge in [-0.05, 0) is 19.1 Å². The normalized spacial score (nSPS) is 12.3. The molecule has 108 valence electrons. The largest absolute Gasteiger partial charge is 0.491 e. The Morgan fingerprint density at radius 3 is 2.65 bits per heavy atom. The Morgan fingerprint density at radius 1 is 1.20 bits per heavy atom. The number of nitrogens with two attached hydrogens (primary N) is 1. The number of methoxy groups -OCH3 is 1. The molecule has 0 aliphatic heterocycles. The molecule has 0 saturated carbocycles. The third-order valence-electron chi connectivity index (χ3n) is 3.15. The van der Waals surface area contributed by atoms with Gasteiger partial charge >= 0.3 is 0 Å². The summed E-state index contributed by atoms with van der Waals surface area (Å²) in [5.74, 6) is 7.33. The predicted molar refractivity (Wildman–Crippen MR) is 76.4 cm³/mol. The van der Waals surface area contributed by atoms with E-state index in [1.54, 1.807) is 13.4 Å². The third-order valence-corrected chi connectivity index (χ3v) is 3.15. The van der Waals surface area contributed by atoms with E-state index in [4.69, 9.17) is 19.7 Å². The zero-order valence-corrected chi connectivity index (χ0v) is 11.8. The van der Waals surface area contributed by atoms with Crippen molar-refractivity contribution in [3.63, 3.8) is 0 Å². The summed E-state index contributed by atoms with van der Waals surface area (Å²) in [6.45, 7) is 2.95. The first-order chi connectivity index (χ1) is 9.77. The molecule has 0 aliphatic carbocycles. The van der Waals surface area contributed by atoms with Crippen molar-refractivity contribution < 1.29 is 13.9 Å². The zero-order valence-electron chi connectivity index (χ0n) is 11.8. The first-order valence-electron chi connectivity index (χ1n) is 6.48. The highest BCUT2D eigenvalue weighted by Gasteiger charge is 2.20. The molecular formula is C15H20N2O3. The maximum absolute atomic E-state index is 5.75. The van der Waals surface area contributed by atoms with Crippen LogP contribution in [-0.4, -0.2) is 20.3 Å². The lowest BCUT2D eigenvalue weighted by Crippen LogP contribution is -2.29. The first-order valence-corrected chi connectivity index (χ1v) is 6.48. The second-order valence-corrected chi connectivity index (χ2v) is 4.41. The summed E-state index contributed by atoms with van der Waals surface area (Å²) in [4.78, 5) is 0. The van der Waals surface area contributed by atoms with Crippen LogP contribution in [0, 0.1) is 6.92 Å². The fourth-order valence-corrected chi connectivity index (χ4v) is 2.13. The highest BCUT2D eigenvalue weighted by Crippen LogP contribution is 2.31. The number of hydrazine groups is 1. The Balaban J connectivity index is 2.28. The molecule has 20 heavy (non-hydrogen) atoms. The van der Waals surface area contributed by atoms with E-state index in [1.165, 1.54) is 0 Å². The van der Waals surface area contributed by atoms with Crippen LogP contribution in [0.25, 0.3) is 0 Å². The van der Waals surface area contributed by atoms with Crippen LogP contribution in [0.2, 0.25) is 0 Å². The Hall–Kier alpha value is -1.82. The van der Waals surface area contributed by atoms with E-state index in [2.05, 4.69) is 5.43 Å². The van der Waals surface area contributed by atoms with Gasteiger partial charge in [0.1, 0.15) is 18.1 Å². The number of benzene rings is 1. The van der Waals surface area contributed by atoms with E-state index in [1.807, 2.05) is 37.3 Å². The maximum Gasteiger partial charge on any atom is 0.124 e. The van der Waals surface area contributed by atoms with E-state index in [-0.39, 0.29) is 6.04 Å². The quantitative estimate of drug-likeness (QED) is 0.461. The molecule has 2 rings (SSSR count). The lowest BCUT2D eigenvalue weighted by atomic mass is 9.99. The lowest BCUT2D eigenvalue weighted by Gasteiger charge is -2.19. The van der Waals surface area contributed by atoms with Gasteiger partial charge in [-0.1, -0.05) is 18.2 Å². The second-order valence-electron chi connectivity index (χ2n) is 4.41. The minimum atomic E-state index is -0.174. The van der Waals surface area contributed by atoms with Gasteiger partial charge in [0, 0.05) is 18.2 Å². The molecule has 2 aromatic rings. The average Bonchev–Trinajstić information content (AvgIpc) is 2.88. The molecule has 0 saturated heterocycles. The molecule has 0 fully saturated rings. The van der Waals surface area contributed by atoms with Crippen LogP contribution in [0.1, 0.15) is 22.9 Å². The summed E-state index contributed by atoms with van der Waals surface area (Å²) in [7, 11) is 1.65. The van der Waals surface area contributed by atoms with Gasteiger partial charge in [0.2, 0.25) is 0 Å². The molecule has 0 radical (unpaired) electrons. The van der Waals surface area contributed by atoms with Crippen molar-refractivity contribution in [1.82, 2.24) is 5.43 Å². The Labute approximate surface area is 118 Å². The van der Waals surface area contributed by atoms with Crippen LogP contribution < -0.4 is 16.0 Å². The van der Waals surface area contributed by atoms with Gasteiger partial charge in [-0.25, -0.2) is 5.43 Å². The van der Waals surface area contributed by atoms with Crippen LogP contribution in [0.5, 0.6) is 5.75 Å². The van der Waals surface area contributed by atoms with Crippen molar-refractivity contribution >= 4 is 0 Å².